The van der Waals surface area contributed by atoms with Crippen LogP contribution < -0.4 is 15.5 Å². The molecule has 2 N–H and O–H groups in total. The third-order valence-corrected chi connectivity index (χ3v) is 3.58. The van der Waals surface area contributed by atoms with Crippen LogP contribution in [-0.2, 0) is 4.74 Å². The second-order valence-corrected chi connectivity index (χ2v) is 5.31. The Labute approximate surface area is 120 Å². The molecule has 2 rings (SSSR count). The first-order valence-electron chi connectivity index (χ1n) is 7.05. The van der Waals surface area contributed by atoms with Crippen molar-refractivity contribution in [2.75, 3.05) is 49.9 Å². The van der Waals surface area contributed by atoms with Crippen LogP contribution in [0.1, 0.15) is 19.8 Å². The fourth-order valence-electron chi connectivity index (χ4n) is 2.28. The number of anilines is 3. The standard InChI is InChI=1S/C13H24N6O/c1-9(10-5-7-20-8-6-10)15-12-16-11(14-2)17-13(18-12)19(3)4/h9-10H,5-8H2,1-4H3,(H2,14,15,16,17,18). The van der Waals surface area contributed by atoms with Crippen molar-refractivity contribution in [3.05, 3.63) is 0 Å². The molecule has 112 valence electrons. The van der Waals surface area contributed by atoms with Crippen molar-refractivity contribution in [2.45, 2.75) is 25.8 Å². The highest BCUT2D eigenvalue weighted by Gasteiger charge is 2.21. The molecular weight excluding hydrogens is 256 g/mol. The maximum Gasteiger partial charge on any atom is 0.231 e. The predicted molar refractivity (Wildman–Crippen MR) is 80.3 cm³/mol. The SMILES string of the molecule is CNc1nc(NC(C)C2CCOCC2)nc(N(C)C)n1. The van der Waals surface area contributed by atoms with E-state index in [2.05, 4.69) is 32.5 Å². The number of hydrogen-bond donors (Lipinski definition) is 2. The van der Waals surface area contributed by atoms with Crippen molar-refractivity contribution in [1.29, 1.82) is 0 Å². The van der Waals surface area contributed by atoms with Gasteiger partial charge in [0.1, 0.15) is 0 Å². The van der Waals surface area contributed by atoms with Crippen molar-refractivity contribution >= 4 is 17.8 Å². The molecule has 1 aliphatic rings. The van der Waals surface area contributed by atoms with E-state index in [0.717, 1.165) is 26.1 Å². The lowest BCUT2D eigenvalue weighted by Gasteiger charge is -2.28. The Bertz CT molecular complexity index is 433. The van der Waals surface area contributed by atoms with Gasteiger partial charge in [0, 0.05) is 40.4 Å². The monoisotopic (exact) mass is 280 g/mol. The van der Waals surface area contributed by atoms with Gasteiger partial charge in [-0.05, 0) is 25.7 Å². The summed E-state index contributed by atoms with van der Waals surface area (Å²) in [4.78, 5) is 15.0. The minimum Gasteiger partial charge on any atom is -0.381 e. The van der Waals surface area contributed by atoms with Crippen LogP contribution in [0.25, 0.3) is 0 Å². The summed E-state index contributed by atoms with van der Waals surface area (Å²) in [7, 11) is 5.64. The minimum atomic E-state index is 0.320. The third-order valence-electron chi connectivity index (χ3n) is 3.58. The lowest BCUT2D eigenvalue weighted by molar-refractivity contribution is 0.0621. The maximum atomic E-state index is 5.40. The van der Waals surface area contributed by atoms with E-state index in [1.165, 1.54) is 0 Å². The van der Waals surface area contributed by atoms with E-state index in [9.17, 15) is 0 Å². The smallest absolute Gasteiger partial charge is 0.231 e. The highest BCUT2D eigenvalue weighted by atomic mass is 16.5. The molecule has 0 aromatic carbocycles. The molecule has 0 spiro atoms. The average Bonchev–Trinajstić information content (AvgIpc) is 2.47. The minimum absolute atomic E-state index is 0.320. The number of hydrogen-bond acceptors (Lipinski definition) is 7. The summed E-state index contributed by atoms with van der Waals surface area (Å²) in [6, 6.07) is 0.320. The van der Waals surface area contributed by atoms with Crippen LogP contribution >= 0.6 is 0 Å². The number of nitrogens with zero attached hydrogens (tertiary/aromatic N) is 4. The normalized spacial score (nSPS) is 17.6. The number of nitrogens with one attached hydrogen (secondary N) is 2. The second kappa shape index (κ2) is 6.69. The van der Waals surface area contributed by atoms with Crippen molar-refractivity contribution in [3.8, 4) is 0 Å². The van der Waals surface area contributed by atoms with Crippen molar-refractivity contribution in [1.82, 2.24) is 15.0 Å². The van der Waals surface area contributed by atoms with Crippen LogP contribution in [-0.4, -0.2) is 55.4 Å². The van der Waals surface area contributed by atoms with Crippen LogP contribution in [0.3, 0.4) is 0 Å². The quantitative estimate of drug-likeness (QED) is 0.839. The molecule has 1 unspecified atom stereocenters. The molecule has 1 aromatic rings. The van der Waals surface area contributed by atoms with Gasteiger partial charge in [0.25, 0.3) is 0 Å². The summed E-state index contributed by atoms with van der Waals surface area (Å²) in [6.45, 7) is 3.87. The van der Waals surface area contributed by atoms with Gasteiger partial charge in [0.2, 0.25) is 17.8 Å². The molecule has 0 saturated carbocycles. The van der Waals surface area contributed by atoms with Gasteiger partial charge in [-0.2, -0.15) is 15.0 Å². The number of ether oxygens (including phenoxy) is 1. The van der Waals surface area contributed by atoms with E-state index >= 15 is 0 Å². The topological polar surface area (TPSA) is 75.2 Å². The van der Waals surface area contributed by atoms with Crippen molar-refractivity contribution in [2.24, 2.45) is 5.92 Å². The Morgan fingerprint density at radius 3 is 2.40 bits per heavy atom. The first-order chi connectivity index (χ1) is 9.60. The Morgan fingerprint density at radius 1 is 1.15 bits per heavy atom. The van der Waals surface area contributed by atoms with Crippen LogP contribution in [0.15, 0.2) is 0 Å². The molecule has 1 aliphatic heterocycles. The van der Waals surface area contributed by atoms with E-state index in [4.69, 9.17) is 4.74 Å². The van der Waals surface area contributed by atoms with E-state index in [1.54, 1.807) is 7.05 Å². The zero-order chi connectivity index (χ0) is 14.5. The first-order valence-corrected chi connectivity index (χ1v) is 7.05. The first kappa shape index (κ1) is 14.8. The maximum absolute atomic E-state index is 5.40. The van der Waals surface area contributed by atoms with Crippen molar-refractivity contribution < 1.29 is 4.74 Å². The van der Waals surface area contributed by atoms with E-state index in [-0.39, 0.29) is 0 Å². The summed E-state index contributed by atoms with van der Waals surface area (Å²) in [5, 5.41) is 6.36. The fraction of sp³-hybridized carbons (Fsp3) is 0.769. The van der Waals surface area contributed by atoms with Crippen LogP contribution in [0.4, 0.5) is 17.8 Å². The molecule has 2 heterocycles. The summed E-state index contributed by atoms with van der Waals surface area (Å²) in [5.41, 5.74) is 0. The van der Waals surface area contributed by atoms with Crippen LogP contribution in [0.2, 0.25) is 0 Å². The molecule has 1 atom stereocenters. The number of aromatic nitrogens is 3. The molecule has 0 aliphatic carbocycles. The summed E-state index contributed by atoms with van der Waals surface area (Å²) in [5.74, 6) is 2.44. The molecule has 20 heavy (non-hydrogen) atoms. The van der Waals surface area contributed by atoms with Gasteiger partial charge in [-0.25, -0.2) is 0 Å². The van der Waals surface area contributed by atoms with Gasteiger partial charge < -0.3 is 20.3 Å². The summed E-state index contributed by atoms with van der Waals surface area (Å²) in [6.07, 6.45) is 2.16. The van der Waals surface area contributed by atoms with Crippen molar-refractivity contribution in [3.63, 3.8) is 0 Å². The van der Waals surface area contributed by atoms with E-state index in [1.807, 2.05) is 19.0 Å². The summed E-state index contributed by atoms with van der Waals surface area (Å²) >= 11 is 0. The Hall–Kier alpha value is -1.63. The molecule has 1 saturated heterocycles. The Kier molecular flexibility index (Phi) is 4.94. The highest BCUT2D eigenvalue weighted by molar-refractivity contribution is 5.43. The third kappa shape index (κ3) is 3.69. The van der Waals surface area contributed by atoms with Gasteiger partial charge in [0.15, 0.2) is 0 Å². The van der Waals surface area contributed by atoms with Gasteiger partial charge in [-0.3, -0.25) is 0 Å². The van der Waals surface area contributed by atoms with Gasteiger partial charge in [-0.1, -0.05) is 0 Å². The fourth-order valence-corrected chi connectivity index (χ4v) is 2.28. The Morgan fingerprint density at radius 2 is 1.80 bits per heavy atom. The molecular formula is C13H24N6O. The van der Waals surface area contributed by atoms with Gasteiger partial charge >= 0.3 is 0 Å². The molecule has 0 amide bonds. The van der Waals surface area contributed by atoms with Gasteiger partial charge in [-0.15, -0.1) is 0 Å². The lowest BCUT2D eigenvalue weighted by atomic mass is 9.93. The molecule has 0 bridgehead atoms. The van der Waals surface area contributed by atoms with Gasteiger partial charge in [0.05, 0.1) is 0 Å². The largest absolute Gasteiger partial charge is 0.381 e. The average molecular weight is 280 g/mol. The zero-order valence-electron chi connectivity index (χ0n) is 12.7. The molecule has 1 aromatic heterocycles. The zero-order valence-corrected chi connectivity index (χ0v) is 12.7. The van der Waals surface area contributed by atoms with E-state index in [0.29, 0.717) is 29.8 Å². The molecule has 0 radical (unpaired) electrons. The van der Waals surface area contributed by atoms with E-state index < -0.39 is 0 Å². The second-order valence-electron chi connectivity index (χ2n) is 5.31. The molecule has 7 nitrogen and oxygen atoms in total. The highest BCUT2D eigenvalue weighted by Crippen LogP contribution is 2.21. The lowest BCUT2D eigenvalue weighted by Crippen LogP contribution is -2.32. The molecule has 7 heteroatoms. The molecule has 1 fully saturated rings. The summed E-state index contributed by atoms with van der Waals surface area (Å²) < 4.78 is 5.40. The number of rotatable bonds is 5. The van der Waals surface area contributed by atoms with Crippen LogP contribution in [0.5, 0.6) is 0 Å². The van der Waals surface area contributed by atoms with Crippen LogP contribution in [0, 0.1) is 5.92 Å². The predicted octanol–water partition coefficient (Wildman–Crippen LogP) is 1.21. The Balaban J connectivity index is 2.09.